The Kier molecular flexibility index (Phi) is 8.09. The molecule has 0 heterocycles. The first-order valence-corrected chi connectivity index (χ1v) is 10.1. The van der Waals surface area contributed by atoms with E-state index in [4.69, 9.17) is 14.2 Å². The van der Waals surface area contributed by atoms with Crippen LogP contribution < -0.4 is 20.1 Å². The van der Waals surface area contributed by atoms with Crippen molar-refractivity contribution in [3.8, 4) is 11.5 Å². The molecule has 0 aliphatic carbocycles. The average Bonchev–Trinajstić information content (AvgIpc) is 2.83. The number of carbonyl (C=O) groups is 2. The molecule has 7 heteroatoms. The van der Waals surface area contributed by atoms with Crippen LogP contribution in [-0.4, -0.2) is 32.3 Å². The summed E-state index contributed by atoms with van der Waals surface area (Å²) < 4.78 is 15.8. The zero-order valence-electron chi connectivity index (χ0n) is 18.0. The lowest BCUT2D eigenvalue weighted by Gasteiger charge is -2.19. The molecule has 32 heavy (non-hydrogen) atoms. The van der Waals surface area contributed by atoms with Gasteiger partial charge in [0.1, 0.15) is 12.6 Å². The number of amides is 2. The van der Waals surface area contributed by atoms with Crippen LogP contribution in [0.25, 0.3) is 0 Å². The molecule has 3 rings (SSSR count). The SMILES string of the molecule is COc1ccc(NC(=O)C(Cc2ccccc2)NC(=O)OCc2ccccc2)cc1OC. The van der Waals surface area contributed by atoms with Crippen LogP contribution in [0.4, 0.5) is 10.5 Å². The number of ether oxygens (including phenoxy) is 3. The van der Waals surface area contributed by atoms with Gasteiger partial charge in [-0.2, -0.15) is 0 Å². The highest BCUT2D eigenvalue weighted by Gasteiger charge is 2.22. The zero-order chi connectivity index (χ0) is 22.8. The maximum atomic E-state index is 13.0. The Hall–Kier alpha value is -4.00. The molecule has 0 saturated heterocycles. The van der Waals surface area contributed by atoms with E-state index in [1.165, 1.54) is 14.2 Å². The molecular formula is C25H26N2O5. The Balaban J connectivity index is 1.70. The normalized spacial score (nSPS) is 11.2. The van der Waals surface area contributed by atoms with Gasteiger partial charge in [-0.1, -0.05) is 60.7 Å². The fraction of sp³-hybridized carbons (Fsp3) is 0.200. The van der Waals surface area contributed by atoms with Crippen LogP contribution in [0.5, 0.6) is 11.5 Å². The molecule has 0 spiro atoms. The third kappa shape index (κ3) is 6.50. The lowest BCUT2D eigenvalue weighted by molar-refractivity contribution is -0.118. The molecule has 0 aromatic heterocycles. The summed E-state index contributed by atoms with van der Waals surface area (Å²) in [5, 5.41) is 5.50. The van der Waals surface area contributed by atoms with Gasteiger partial charge in [0.05, 0.1) is 14.2 Å². The molecule has 3 aromatic rings. The number of anilines is 1. The minimum absolute atomic E-state index is 0.113. The molecule has 0 bridgehead atoms. The lowest BCUT2D eigenvalue weighted by atomic mass is 10.1. The number of benzene rings is 3. The minimum Gasteiger partial charge on any atom is -0.493 e. The van der Waals surface area contributed by atoms with Gasteiger partial charge in [0.15, 0.2) is 11.5 Å². The van der Waals surface area contributed by atoms with Crippen LogP contribution in [0, 0.1) is 0 Å². The highest BCUT2D eigenvalue weighted by atomic mass is 16.5. The van der Waals surface area contributed by atoms with Crippen molar-refractivity contribution in [1.82, 2.24) is 5.32 Å². The summed E-state index contributed by atoms with van der Waals surface area (Å²) in [6, 6.07) is 23.0. The second-order valence-corrected chi connectivity index (χ2v) is 7.01. The Morgan fingerprint density at radius 1 is 0.812 bits per heavy atom. The fourth-order valence-corrected chi connectivity index (χ4v) is 3.11. The number of rotatable bonds is 9. The molecule has 2 amide bonds. The van der Waals surface area contributed by atoms with Crippen molar-refractivity contribution in [3.63, 3.8) is 0 Å². The van der Waals surface area contributed by atoms with Gasteiger partial charge in [0.2, 0.25) is 5.91 Å². The standard InChI is InChI=1S/C25H26N2O5/c1-30-22-14-13-20(16-23(22)31-2)26-24(28)21(15-18-9-5-3-6-10-18)27-25(29)32-17-19-11-7-4-8-12-19/h3-14,16,21H,15,17H2,1-2H3,(H,26,28)(H,27,29). The van der Waals surface area contributed by atoms with E-state index in [1.54, 1.807) is 18.2 Å². The van der Waals surface area contributed by atoms with Gasteiger partial charge in [-0.05, 0) is 23.3 Å². The monoisotopic (exact) mass is 434 g/mol. The van der Waals surface area contributed by atoms with Gasteiger partial charge in [-0.15, -0.1) is 0 Å². The average molecular weight is 434 g/mol. The molecule has 7 nitrogen and oxygen atoms in total. The summed E-state index contributed by atoms with van der Waals surface area (Å²) in [7, 11) is 3.06. The molecule has 2 N–H and O–H groups in total. The minimum atomic E-state index is -0.839. The van der Waals surface area contributed by atoms with Crippen LogP contribution in [0.3, 0.4) is 0 Å². The Morgan fingerprint density at radius 3 is 2.06 bits per heavy atom. The van der Waals surface area contributed by atoms with E-state index in [0.29, 0.717) is 23.6 Å². The van der Waals surface area contributed by atoms with Gasteiger partial charge in [0, 0.05) is 18.2 Å². The van der Waals surface area contributed by atoms with Crippen LogP contribution in [0.2, 0.25) is 0 Å². The van der Waals surface area contributed by atoms with E-state index in [9.17, 15) is 9.59 Å². The number of methoxy groups -OCH3 is 2. The predicted octanol–water partition coefficient (Wildman–Crippen LogP) is 4.18. The van der Waals surface area contributed by atoms with E-state index in [-0.39, 0.29) is 12.5 Å². The Labute approximate surface area is 187 Å². The van der Waals surface area contributed by atoms with Crippen molar-refractivity contribution in [3.05, 3.63) is 90.0 Å². The molecule has 0 saturated carbocycles. The summed E-state index contributed by atoms with van der Waals surface area (Å²) in [6.07, 6.45) is -0.363. The largest absolute Gasteiger partial charge is 0.493 e. The molecule has 3 aromatic carbocycles. The molecule has 166 valence electrons. The maximum absolute atomic E-state index is 13.0. The van der Waals surface area contributed by atoms with Gasteiger partial charge in [0.25, 0.3) is 0 Å². The molecule has 0 radical (unpaired) electrons. The molecule has 0 aliphatic heterocycles. The number of hydrogen-bond acceptors (Lipinski definition) is 5. The van der Waals surface area contributed by atoms with Crippen LogP contribution in [-0.2, 0) is 22.6 Å². The van der Waals surface area contributed by atoms with Gasteiger partial charge in [-0.3, -0.25) is 4.79 Å². The summed E-state index contributed by atoms with van der Waals surface area (Å²) in [5.74, 6) is 0.659. The second-order valence-electron chi connectivity index (χ2n) is 7.01. The zero-order valence-corrected chi connectivity index (χ0v) is 18.0. The molecule has 0 aliphatic rings. The van der Waals surface area contributed by atoms with E-state index >= 15 is 0 Å². The summed E-state index contributed by atoms with van der Waals surface area (Å²) in [6.45, 7) is 0.113. The number of nitrogens with one attached hydrogen (secondary N) is 2. The summed E-state index contributed by atoms with van der Waals surface area (Å²) >= 11 is 0. The van der Waals surface area contributed by atoms with E-state index < -0.39 is 12.1 Å². The summed E-state index contributed by atoms with van der Waals surface area (Å²) in [5.41, 5.74) is 2.28. The first kappa shape index (κ1) is 22.7. The maximum Gasteiger partial charge on any atom is 0.408 e. The lowest BCUT2D eigenvalue weighted by Crippen LogP contribution is -2.45. The van der Waals surface area contributed by atoms with Crippen molar-refractivity contribution in [2.24, 2.45) is 0 Å². The Morgan fingerprint density at radius 2 is 1.44 bits per heavy atom. The summed E-state index contributed by atoms with van der Waals surface area (Å²) in [4.78, 5) is 25.4. The van der Waals surface area contributed by atoms with Crippen LogP contribution in [0.15, 0.2) is 78.9 Å². The van der Waals surface area contributed by atoms with E-state index in [1.807, 2.05) is 60.7 Å². The smallest absolute Gasteiger partial charge is 0.408 e. The first-order chi connectivity index (χ1) is 15.6. The van der Waals surface area contributed by atoms with Gasteiger partial charge < -0.3 is 24.8 Å². The number of alkyl carbamates (subject to hydrolysis) is 1. The fourth-order valence-electron chi connectivity index (χ4n) is 3.11. The third-order valence-electron chi connectivity index (χ3n) is 4.76. The number of hydrogen-bond donors (Lipinski definition) is 2. The molecule has 1 atom stereocenters. The number of carbonyl (C=O) groups excluding carboxylic acids is 2. The molecule has 1 unspecified atom stereocenters. The van der Waals surface area contributed by atoms with Gasteiger partial charge in [-0.25, -0.2) is 4.79 Å². The van der Waals surface area contributed by atoms with Crippen LogP contribution >= 0.6 is 0 Å². The topological polar surface area (TPSA) is 85.9 Å². The highest BCUT2D eigenvalue weighted by molar-refractivity contribution is 5.97. The highest BCUT2D eigenvalue weighted by Crippen LogP contribution is 2.29. The Bertz CT molecular complexity index is 1030. The molecule has 0 fully saturated rings. The first-order valence-electron chi connectivity index (χ1n) is 10.1. The van der Waals surface area contributed by atoms with Crippen molar-refractivity contribution < 1.29 is 23.8 Å². The van der Waals surface area contributed by atoms with Crippen molar-refractivity contribution in [1.29, 1.82) is 0 Å². The second kappa shape index (κ2) is 11.4. The molecular weight excluding hydrogens is 408 g/mol. The predicted molar refractivity (Wildman–Crippen MR) is 122 cm³/mol. The van der Waals surface area contributed by atoms with Crippen molar-refractivity contribution >= 4 is 17.7 Å². The third-order valence-corrected chi connectivity index (χ3v) is 4.76. The quantitative estimate of drug-likeness (QED) is 0.528. The van der Waals surface area contributed by atoms with Gasteiger partial charge >= 0.3 is 6.09 Å². The van der Waals surface area contributed by atoms with Crippen molar-refractivity contribution in [2.45, 2.75) is 19.1 Å². The van der Waals surface area contributed by atoms with E-state index in [2.05, 4.69) is 10.6 Å². The van der Waals surface area contributed by atoms with Crippen LogP contribution in [0.1, 0.15) is 11.1 Å². The van der Waals surface area contributed by atoms with Crippen molar-refractivity contribution in [2.75, 3.05) is 19.5 Å². The van der Waals surface area contributed by atoms with E-state index in [0.717, 1.165) is 11.1 Å².